The van der Waals surface area contributed by atoms with Crippen LogP contribution in [-0.2, 0) is 6.54 Å². The molecule has 1 heterocycles. The monoisotopic (exact) mass is 231 g/mol. The highest BCUT2D eigenvalue weighted by molar-refractivity contribution is 5.80. The lowest BCUT2D eigenvalue weighted by atomic mass is 10.0. The van der Waals surface area contributed by atoms with Crippen molar-refractivity contribution < 1.29 is 0 Å². The summed E-state index contributed by atoms with van der Waals surface area (Å²) in [5.41, 5.74) is 2.69. The summed E-state index contributed by atoms with van der Waals surface area (Å²) < 4.78 is 0. The predicted octanol–water partition coefficient (Wildman–Crippen LogP) is 2.25. The van der Waals surface area contributed by atoms with Crippen LogP contribution in [0.15, 0.2) is 29.3 Å². The lowest BCUT2D eigenvalue weighted by Gasteiger charge is -2.16. The number of guanidine groups is 1. The molecule has 0 aromatic heterocycles. The van der Waals surface area contributed by atoms with Crippen molar-refractivity contribution in [2.45, 2.75) is 32.7 Å². The van der Waals surface area contributed by atoms with Crippen LogP contribution in [-0.4, -0.2) is 19.0 Å². The van der Waals surface area contributed by atoms with Gasteiger partial charge < -0.3 is 10.6 Å². The molecule has 0 fully saturated rings. The van der Waals surface area contributed by atoms with Crippen molar-refractivity contribution >= 4 is 5.96 Å². The minimum atomic E-state index is 0.599. The van der Waals surface area contributed by atoms with Crippen LogP contribution in [0.4, 0.5) is 0 Å². The molecule has 1 aliphatic rings. The fourth-order valence-electron chi connectivity index (χ4n) is 1.86. The molecule has 0 amide bonds. The Morgan fingerprint density at radius 3 is 2.65 bits per heavy atom. The zero-order valence-electron chi connectivity index (χ0n) is 10.7. The number of nitrogens with zero attached hydrogens (tertiary/aromatic N) is 1. The van der Waals surface area contributed by atoms with E-state index in [0.29, 0.717) is 5.92 Å². The SMILES string of the molecule is CC(C)c1ccc(CNC2=NCCCN2)cc1. The minimum absolute atomic E-state index is 0.599. The zero-order chi connectivity index (χ0) is 12.1. The van der Waals surface area contributed by atoms with Crippen molar-refractivity contribution in [3.63, 3.8) is 0 Å². The highest BCUT2D eigenvalue weighted by Gasteiger charge is 2.03. The van der Waals surface area contributed by atoms with E-state index in [0.717, 1.165) is 32.0 Å². The van der Waals surface area contributed by atoms with E-state index >= 15 is 0 Å². The number of hydrogen-bond donors (Lipinski definition) is 2. The smallest absolute Gasteiger partial charge is 0.191 e. The van der Waals surface area contributed by atoms with E-state index in [-0.39, 0.29) is 0 Å². The summed E-state index contributed by atoms with van der Waals surface area (Å²) in [5.74, 6) is 1.53. The van der Waals surface area contributed by atoms with E-state index in [2.05, 4.69) is 53.7 Å². The van der Waals surface area contributed by atoms with Gasteiger partial charge >= 0.3 is 0 Å². The van der Waals surface area contributed by atoms with E-state index in [4.69, 9.17) is 0 Å². The van der Waals surface area contributed by atoms with Gasteiger partial charge in [-0.05, 0) is 23.5 Å². The standard InChI is InChI=1S/C14H21N3/c1-11(2)13-6-4-12(5-7-13)10-17-14-15-8-3-9-16-14/h4-7,11H,3,8-10H2,1-2H3,(H2,15,16,17). The third-order valence-corrected chi connectivity index (χ3v) is 3.00. The highest BCUT2D eigenvalue weighted by atomic mass is 15.2. The van der Waals surface area contributed by atoms with Crippen LogP contribution in [0.5, 0.6) is 0 Å². The lowest BCUT2D eigenvalue weighted by molar-refractivity contribution is 0.702. The predicted molar refractivity (Wildman–Crippen MR) is 72.3 cm³/mol. The van der Waals surface area contributed by atoms with Crippen molar-refractivity contribution in [1.82, 2.24) is 10.6 Å². The minimum Gasteiger partial charge on any atom is -0.356 e. The van der Waals surface area contributed by atoms with Gasteiger partial charge in [0.05, 0.1) is 0 Å². The van der Waals surface area contributed by atoms with E-state index in [9.17, 15) is 0 Å². The first-order chi connectivity index (χ1) is 8.25. The van der Waals surface area contributed by atoms with Gasteiger partial charge in [0.15, 0.2) is 5.96 Å². The molecule has 0 radical (unpaired) electrons. The topological polar surface area (TPSA) is 36.4 Å². The Hall–Kier alpha value is -1.51. The van der Waals surface area contributed by atoms with Crippen molar-refractivity contribution in [3.8, 4) is 0 Å². The molecule has 17 heavy (non-hydrogen) atoms. The second-order valence-electron chi connectivity index (χ2n) is 4.76. The molecule has 0 bridgehead atoms. The summed E-state index contributed by atoms with van der Waals surface area (Å²) in [6.07, 6.45) is 1.13. The normalized spacial score (nSPS) is 15.4. The van der Waals surface area contributed by atoms with Gasteiger partial charge in [0.25, 0.3) is 0 Å². The summed E-state index contributed by atoms with van der Waals surface area (Å²) in [4.78, 5) is 4.38. The average Bonchev–Trinajstić information content (AvgIpc) is 2.38. The molecule has 0 aliphatic carbocycles. The molecule has 1 aromatic rings. The van der Waals surface area contributed by atoms with E-state index < -0.39 is 0 Å². The van der Waals surface area contributed by atoms with Crippen molar-refractivity contribution in [2.24, 2.45) is 4.99 Å². The van der Waals surface area contributed by atoms with Crippen LogP contribution >= 0.6 is 0 Å². The molecule has 0 saturated heterocycles. The molecule has 0 unspecified atom stereocenters. The van der Waals surface area contributed by atoms with Crippen LogP contribution < -0.4 is 10.6 Å². The van der Waals surface area contributed by atoms with Gasteiger partial charge in [-0.3, -0.25) is 4.99 Å². The fraction of sp³-hybridized carbons (Fsp3) is 0.500. The molecule has 3 heteroatoms. The molecular weight excluding hydrogens is 210 g/mol. The van der Waals surface area contributed by atoms with Gasteiger partial charge in [-0.1, -0.05) is 38.1 Å². The Morgan fingerprint density at radius 1 is 1.29 bits per heavy atom. The maximum Gasteiger partial charge on any atom is 0.191 e. The van der Waals surface area contributed by atoms with Crippen molar-refractivity contribution in [2.75, 3.05) is 13.1 Å². The first-order valence-electron chi connectivity index (χ1n) is 6.37. The number of aliphatic imine (C=N–C) groups is 1. The Morgan fingerprint density at radius 2 is 2.06 bits per heavy atom. The quantitative estimate of drug-likeness (QED) is 0.837. The largest absolute Gasteiger partial charge is 0.356 e. The van der Waals surface area contributed by atoms with Gasteiger partial charge in [-0.15, -0.1) is 0 Å². The number of rotatable bonds is 3. The lowest BCUT2D eigenvalue weighted by Crippen LogP contribution is -2.40. The first-order valence-corrected chi connectivity index (χ1v) is 6.37. The maximum atomic E-state index is 4.38. The van der Waals surface area contributed by atoms with E-state index in [1.165, 1.54) is 11.1 Å². The van der Waals surface area contributed by atoms with Crippen LogP contribution in [0.1, 0.15) is 37.3 Å². The summed E-state index contributed by atoms with van der Waals surface area (Å²) >= 11 is 0. The Labute approximate surface area is 103 Å². The summed E-state index contributed by atoms with van der Waals surface area (Å²) in [5, 5.41) is 6.58. The summed E-state index contributed by atoms with van der Waals surface area (Å²) in [7, 11) is 0. The van der Waals surface area contributed by atoms with E-state index in [1.807, 2.05) is 0 Å². The number of nitrogens with one attached hydrogen (secondary N) is 2. The Kier molecular flexibility index (Phi) is 4.02. The molecule has 92 valence electrons. The third-order valence-electron chi connectivity index (χ3n) is 3.00. The molecule has 3 nitrogen and oxygen atoms in total. The molecule has 0 spiro atoms. The second-order valence-corrected chi connectivity index (χ2v) is 4.76. The molecule has 2 N–H and O–H groups in total. The summed E-state index contributed by atoms with van der Waals surface area (Å²) in [6.45, 7) is 7.23. The van der Waals surface area contributed by atoms with Crippen LogP contribution in [0, 0.1) is 0 Å². The molecule has 0 saturated carbocycles. The third kappa shape index (κ3) is 3.48. The number of hydrogen-bond acceptors (Lipinski definition) is 3. The molecule has 1 aromatic carbocycles. The van der Waals surface area contributed by atoms with E-state index in [1.54, 1.807) is 0 Å². The second kappa shape index (κ2) is 5.71. The van der Waals surface area contributed by atoms with Crippen molar-refractivity contribution in [1.29, 1.82) is 0 Å². The van der Waals surface area contributed by atoms with Crippen LogP contribution in [0.3, 0.4) is 0 Å². The fourth-order valence-corrected chi connectivity index (χ4v) is 1.86. The van der Waals surface area contributed by atoms with Crippen molar-refractivity contribution in [3.05, 3.63) is 35.4 Å². The average molecular weight is 231 g/mol. The van der Waals surface area contributed by atoms with Gasteiger partial charge in [0.2, 0.25) is 0 Å². The van der Waals surface area contributed by atoms with Gasteiger partial charge in [-0.25, -0.2) is 0 Å². The molecule has 0 atom stereocenters. The summed E-state index contributed by atoms with van der Waals surface area (Å²) in [6, 6.07) is 8.78. The first kappa shape index (κ1) is 12.0. The highest BCUT2D eigenvalue weighted by Crippen LogP contribution is 2.14. The zero-order valence-corrected chi connectivity index (χ0v) is 10.7. The maximum absolute atomic E-state index is 4.38. The number of benzene rings is 1. The Balaban J connectivity index is 1.88. The van der Waals surface area contributed by atoms with Gasteiger partial charge in [0, 0.05) is 19.6 Å². The van der Waals surface area contributed by atoms with Crippen LogP contribution in [0.2, 0.25) is 0 Å². The van der Waals surface area contributed by atoms with Gasteiger partial charge in [-0.2, -0.15) is 0 Å². The van der Waals surface area contributed by atoms with Crippen LogP contribution in [0.25, 0.3) is 0 Å². The molecule has 1 aliphatic heterocycles. The van der Waals surface area contributed by atoms with Gasteiger partial charge in [0.1, 0.15) is 0 Å². The molecular formula is C14H21N3. The Bertz CT molecular complexity index is 379. The molecule has 2 rings (SSSR count).